The Bertz CT molecular complexity index is 872. The number of hydrogen-bond donors (Lipinski definition) is 1. The van der Waals surface area contributed by atoms with Gasteiger partial charge in [0.2, 0.25) is 15.9 Å². The Morgan fingerprint density at radius 1 is 1.12 bits per heavy atom. The molecule has 140 valence electrons. The van der Waals surface area contributed by atoms with E-state index >= 15 is 0 Å². The van der Waals surface area contributed by atoms with Gasteiger partial charge in [-0.05, 0) is 42.2 Å². The van der Waals surface area contributed by atoms with Gasteiger partial charge >= 0.3 is 0 Å². The lowest BCUT2D eigenvalue weighted by molar-refractivity contribution is -0.126. The van der Waals surface area contributed by atoms with Crippen LogP contribution >= 0.6 is 0 Å². The maximum absolute atomic E-state index is 12.9. The first kappa shape index (κ1) is 18.9. The predicted molar refractivity (Wildman–Crippen MR) is 103 cm³/mol. The van der Waals surface area contributed by atoms with Crippen molar-refractivity contribution in [2.75, 3.05) is 19.6 Å². The minimum Gasteiger partial charge on any atom is -0.356 e. The van der Waals surface area contributed by atoms with E-state index in [0.29, 0.717) is 37.4 Å². The standard InChI is InChI=1S/C20H26N2O3S/c1-2-3-12-21-20(23)17-10-13-22(14-11-17)26(24,25)19-9-8-16-6-4-5-7-18(16)15-19/h4-9,15,17H,2-3,10-14H2,1H3,(H,21,23). The molecule has 0 spiro atoms. The quantitative estimate of drug-likeness (QED) is 0.790. The molecule has 2 aromatic rings. The van der Waals surface area contributed by atoms with Crippen molar-refractivity contribution in [3.63, 3.8) is 0 Å². The van der Waals surface area contributed by atoms with E-state index in [2.05, 4.69) is 12.2 Å². The highest BCUT2D eigenvalue weighted by molar-refractivity contribution is 7.89. The first-order valence-corrected chi connectivity index (χ1v) is 10.7. The van der Waals surface area contributed by atoms with Gasteiger partial charge < -0.3 is 5.32 Å². The molecule has 26 heavy (non-hydrogen) atoms. The Morgan fingerprint density at radius 2 is 1.81 bits per heavy atom. The molecule has 1 N–H and O–H groups in total. The largest absolute Gasteiger partial charge is 0.356 e. The Labute approximate surface area is 155 Å². The average molecular weight is 375 g/mol. The summed E-state index contributed by atoms with van der Waals surface area (Å²) in [5, 5.41) is 4.89. The molecular weight excluding hydrogens is 348 g/mol. The summed E-state index contributed by atoms with van der Waals surface area (Å²) >= 11 is 0. The van der Waals surface area contributed by atoms with Crippen molar-refractivity contribution in [2.24, 2.45) is 5.92 Å². The molecule has 0 aliphatic carbocycles. The zero-order valence-electron chi connectivity index (χ0n) is 15.1. The van der Waals surface area contributed by atoms with Gasteiger partial charge in [-0.3, -0.25) is 4.79 Å². The van der Waals surface area contributed by atoms with E-state index in [-0.39, 0.29) is 11.8 Å². The van der Waals surface area contributed by atoms with E-state index < -0.39 is 10.0 Å². The summed E-state index contributed by atoms with van der Waals surface area (Å²) < 4.78 is 27.4. The van der Waals surface area contributed by atoms with Gasteiger partial charge in [0.25, 0.3) is 0 Å². The lowest BCUT2D eigenvalue weighted by Crippen LogP contribution is -2.43. The first-order valence-electron chi connectivity index (χ1n) is 9.29. The number of fused-ring (bicyclic) bond motifs is 1. The maximum atomic E-state index is 12.9. The fourth-order valence-electron chi connectivity index (χ4n) is 3.37. The van der Waals surface area contributed by atoms with Crippen LogP contribution in [0.15, 0.2) is 47.4 Å². The average Bonchev–Trinajstić information content (AvgIpc) is 2.67. The third-order valence-electron chi connectivity index (χ3n) is 5.01. The second-order valence-electron chi connectivity index (χ2n) is 6.83. The molecule has 0 saturated carbocycles. The van der Waals surface area contributed by atoms with E-state index in [4.69, 9.17) is 0 Å². The van der Waals surface area contributed by atoms with Gasteiger partial charge in [0, 0.05) is 25.6 Å². The normalized spacial score (nSPS) is 16.7. The molecule has 0 atom stereocenters. The molecule has 1 saturated heterocycles. The molecule has 5 nitrogen and oxygen atoms in total. The number of piperidine rings is 1. The number of nitrogens with zero attached hydrogens (tertiary/aromatic N) is 1. The molecule has 2 aromatic carbocycles. The zero-order valence-corrected chi connectivity index (χ0v) is 16.0. The van der Waals surface area contributed by atoms with Crippen molar-refractivity contribution >= 4 is 26.7 Å². The molecule has 1 aliphatic rings. The number of carbonyl (C=O) groups excluding carboxylic acids is 1. The number of rotatable bonds is 6. The van der Waals surface area contributed by atoms with Crippen LogP contribution in [0.5, 0.6) is 0 Å². The summed E-state index contributed by atoms with van der Waals surface area (Å²) in [6, 6.07) is 13.0. The Balaban J connectivity index is 1.66. The number of unbranched alkanes of at least 4 members (excludes halogenated alkanes) is 1. The SMILES string of the molecule is CCCCNC(=O)C1CCN(S(=O)(=O)c2ccc3ccccc3c2)CC1. The van der Waals surface area contributed by atoms with E-state index in [9.17, 15) is 13.2 Å². The molecule has 0 aromatic heterocycles. The lowest BCUT2D eigenvalue weighted by atomic mass is 9.97. The Morgan fingerprint density at radius 3 is 2.50 bits per heavy atom. The number of carbonyl (C=O) groups is 1. The van der Waals surface area contributed by atoms with Crippen molar-refractivity contribution in [3.8, 4) is 0 Å². The predicted octanol–water partition coefficient (Wildman–Crippen LogP) is 3.16. The van der Waals surface area contributed by atoms with E-state index in [1.54, 1.807) is 12.1 Å². The van der Waals surface area contributed by atoms with Crippen molar-refractivity contribution < 1.29 is 13.2 Å². The van der Waals surface area contributed by atoms with Crippen LogP contribution in [0.1, 0.15) is 32.6 Å². The van der Waals surface area contributed by atoms with E-state index in [1.807, 2.05) is 30.3 Å². The molecular formula is C20H26N2O3S. The number of benzene rings is 2. The number of amides is 1. The zero-order chi connectivity index (χ0) is 18.6. The second-order valence-corrected chi connectivity index (χ2v) is 8.77. The second kappa shape index (κ2) is 8.18. The van der Waals surface area contributed by atoms with Crippen LogP contribution in [-0.2, 0) is 14.8 Å². The fraction of sp³-hybridized carbons (Fsp3) is 0.450. The van der Waals surface area contributed by atoms with Crippen molar-refractivity contribution in [1.29, 1.82) is 0 Å². The summed E-state index contributed by atoms with van der Waals surface area (Å²) in [5.41, 5.74) is 0. The smallest absolute Gasteiger partial charge is 0.243 e. The van der Waals surface area contributed by atoms with Gasteiger partial charge in [-0.25, -0.2) is 8.42 Å². The molecule has 0 bridgehead atoms. The van der Waals surface area contributed by atoms with Crippen LogP contribution in [-0.4, -0.2) is 38.3 Å². The summed E-state index contributed by atoms with van der Waals surface area (Å²) in [6.07, 6.45) is 3.17. The topological polar surface area (TPSA) is 66.5 Å². The van der Waals surface area contributed by atoms with Crippen molar-refractivity contribution in [3.05, 3.63) is 42.5 Å². The molecule has 1 heterocycles. The number of hydrogen-bond acceptors (Lipinski definition) is 3. The Hall–Kier alpha value is -1.92. The number of sulfonamides is 1. The molecule has 1 amide bonds. The lowest BCUT2D eigenvalue weighted by Gasteiger charge is -2.30. The molecule has 0 unspecified atom stereocenters. The van der Waals surface area contributed by atoms with Crippen LogP contribution in [0, 0.1) is 5.92 Å². The third-order valence-corrected chi connectivity index (χ3v) is 6.91. The van der Waals surface area contributed by atoms with Crippen LogP contribution in [0.3, 0.4) is 0 Å². The van der Waals surface area contributed by atoms with Crippen molar-refractivity contribution in [2.45, 2.75) is 37.5 Å². The fourth-order valence-corrected chi connectivity index (χ4v) is 4.87. The number of nitrogens with one attached hydrogen (secondary N) is 1. The highest BCUT2D eigenvalue weighted by Gasteiger charge is 2.32. The summed E-state index contributed by atoms with van der Waals surface area (Å²) in [5.74, 6) is -0.0314. The minimum atomic E-state index is -3.52. The van der Waals surface area contributed by atoms with Crippen molar-refractivity contribution in [1.82, 2.24) is 9.62 Å². The molecule has 1 aliphatic heterocycles. The molecule has 0 radical (unpaired) electrons. The maximum Gasteiger partial charge on any atom is 0.243 e. The van der Waals surface area contributed by atoms with Gasteiger partial charge in [-0.2, -0.15) is 4.31 Å². The summed E-state index contributed by atoms with van der Waals surface area (Å²) in [4.78, 5) is 12.5. The van der Waals surface area contributed by atoms with Crippen LogP contribution in [0.4, 0.5) is 0 Å². The van der Waals surface area contributed by atoms with Gasteiger partial charge in [0.15, 0.2) is 0 Å². The van der Waals surface area contributed by atoms with Gasteiger partial charge in [-0.15, -0.1) is 0 Å². The highest BCUT2D eigenvalue weighted by Crippen LogP contribution is 2.26. The van der Waals surface area contributed by atoms with E-state index in [1.165, 1.54) is 4.31 Å². The van der Waals surface area contributed by atoms with Crippen LogP contribution < -0.4 is 5.32 Å². The van der Waals surface area contributed by atoms with Gasteiger partial charge in [0.05, 0.1) is 4.90 Å². The molecule has 3 rings (SSSR count). The highest BCUT2D eigenvalue weighted by atomic mass is 32.2. The third kappa shape index (κ3) is 4.07. The van der Waals surface area contributed by atoms with Crippen LogP contribution in [0.2, 0.25) is 0 Å². The minimum absolute atomic E-state index is 0.0567. The van der Waals surface area contributed by atoms with Crippen LogP contribution in [0.25, 0.3) is 10.8 Å². The molecule has 6 heteroatoms. The summed E-state index contributed by atoms with van der Waals surface area (Å²) in [6.45, 7) is 3.56. The Kier molecular flexibility index (Phi) is 5.94. The van der Waals surface area contributed by atoms with Gasteiger partial charge in [0.1, 0.15) is 0 Å². The monoisotopic (exact) mass is 374 g/mol. The first-order chi connectivity index (χ1) is 12.5. The summed E-state index contributed by atoms with van der Waals surface area (Å²) in [7, 11) is -3.52. The molecule has 1 fully saturated rings. The van der Waals surface area contributed by atoms with E-state index in [0.717, 1.165) is 23.6 Å². The van der Waals surface area contributed by atoms with Gasteiger partial charge in [-0.1, -0.05) is 43.7 Å².